The van der Waals surface area contributed by atoms with Crippen molar-refractivity contribution in [3.8, 4) is 0 Å². The van der Waals surface area contributed by atoms with Crippen molar-refractivity contribution in [3.05, 3.63) is 22.3 Å². The Balaban J connectivity index is 1.74. The average molecular weight is 311 g/mol. The average Bonchev–Trinajstić information content (AvgIpc) is 3.19. The van der Waals surface area contributed by atoms with Crippen molar-refractivity contribution in [3.63, 3.8) is 0 Å². The zero-order valence-electron chi connectivity index (χ0n) is 9.95. The Kier molecular flexibility index (Phi) is 2.81. The number of carboxylic acid groups (broad SMARTS) is 1. The Bertz CT molecular complexity index is 496. The number of pyridine rings is 1. The van der Waals surface area contributed by atoms with Gasteiger partial charge >= 0.3 is 5.97 Å². The number of hydrogen-bond acceptors (Lipinski definition) is 3. The first-order valence-corrected chi connectivity index (χ1v) is 7.03. The van der Waals surface area contributed by atoms with E-state index in [-0.39, 0.29) is 5.56 Å². The first kappa shape index (κ1) is 12.0. The number of nitrogens with zero attached hydrogens (tertiary/aromatic N) is 1. The number of carbonyl (C=O) groups is 1. The molecule has 2 N–H and O–H groups in total. The van der Waals surface area contributed by atoms with Gasteiger partial charge in [0.05, 0.1) is 0 Å². The summed E-state index contributed by atoms with van der Waals surface area (Å²) in [5.74, 6) is 0.397. The number of carboxylic acids is 1. The van der Waals surface area contributed by atoms with Crippen LogP contribution < -0.4 is 5.32 Å². The van der Waals surface area contributed by atoms with Crippen LogP contribution in [-0.4, -0.2) is 22.6 Å². The molecule has 2 fully saturated rings. The lowest BCUT2D eigenvalue weighted by atomic mass is 10.0. The van der Waals surface area contributed by atoms with Crippen LogP contribution in [0.4, 0.5) is 5.82 Å². The molecule has 0 aromatic carbocycles. The van der Waals surface area contributed by atoms with Gasteiger partial charge in [-0.3, -0.25) is 0 Å². The number of aromatic carboxylic acids is 1. The zero-order chi connectivity index (χ0) is 12.8. The molecule has 0 unspecified atom stereocenters. The van der Waals surface area contributed by atoms with Crippen molar-refractivity contribution in [1.29, 1.82) is 0 Å². The summed E-state index contributed by atoms with van der Waals surface area (Å²) in [5.41, 5.74) is 0.667. The van der Waals surface area contributed by atoms with Crippen LogP contribution in [0.2, 0.25) is 0 Å². The highest BCUT2D eigenvalue weighted by Gasteiger charge is 2.53. The van der Waals surface area contributed by atoms with Gasteiger partial charge in [-0.15, -0.1) is 0 Å². The van der Waals surface area contributed by atoms with Gasteiger partial charge in [-0.05, 0) is 59.0 Å². The number of halogens is 1. The van der Waals surface area contributed by atoms with Gasteiger partial charge < -0.3 is 10.4 Å². The smallest absolute Gasteiger partial charge is 0.339 e. The number of rotatable bonds is 5. The summed E-state index contributed by atoms with van der Waals surface area (Å²) in [6, 6.07) is 1.59. The molecule has 2 saturated carbocycles. The van der Waals surface area contributed by atoms with E-state index in [9.17, 15) is 4.79 Å². The maximum atomic E-state index is 11.2. The standard InChI is InChI=1S/C13H15BrN2O2/c14-9-5-10(12(17)18)11(15-6-9)16-7-13(3-4-13)8-1-2-8/h5-6,8H,1-4,7H2,(H,15,16)(H,17,18). The van der Waals surface area contributed by atoms with Gasteiger partial charge in [0.2, 0.25) is 0 Å². The minimum absolute atomic E-state index is 0.232. The van der Waals surface area contributed by atoms with Crippen molar-refractivity contribution in [2.45, 2.75) is 25.7 Å². The third-order valence-corrected chi connectivity index (χ3v) is 4.46. The van der Waals surface area contributed by atoms with Crippen LogP contribution in [0.5, 0.6) is 0 Å². The molecule has 96 valence electrons. The lowest BCUT2D eigenvalue weighted by molar-refractivity contribution is 0.0697. The van der Waals surface area contributed by atoms with Crippen molar-refractivity contribution in [2.75, 3.05) is 11.9 Å². The Morgan fingerprint density at radius 3 is 2.83 bits per heavy atom. The second kappa shape index (κ2) is 4.23. The molecule has 0 atom stereocenters. The van der Waals surface area contributed by atoms with Crippen LogP contribution in [0.3, 0.4) is 0 Å². The largest absolute Gasteiger partial charge is 0.478 e. The second-order valence-corrected chi connectivity index (χ2v) is 6.26. The highest BCUT2D eigenvalue weighted by Crippen LogP contribution is 2.61. The molecule has 0 radical (unpaired) electrons. The van der Waals surface area contributed by atoms with E-state index in [2.05, 4.69) is 26.2 Å². The van der Waals surface area contributed by atoms with Gasteiger partial charge in [0.1, 0.15) is 11.4 Å². The number of nitrogens with one attached hydrogen (secondary N) is 1. The molecule has 0 saturated heterocycles. The maximum Gasteiger partial charge on any atom is 0.339 e. The molecule has 0 bridgehead atoms. The van der Waals surface area contributed by atoms with Crippen LogP contribution in [0.1, 0.15) is 36.0 Å². The molecule has 4 nitrogen and oxygen atoms in total. The maximum absolute atomic E-state index is 11.2. The van der Waals surface area contributed by atoms with E-state index < -0.39 is 5.97 Å². The summed E-state index contributed by atoms with van der Waals surface area (Å²) in [7, 11) is 0. The summed E-state index contributed by atoms with van der Waals surface area (Å²) in [4.78, 5) is 15.3. The predicted octanol–water partition coefficient (Wildman–Crippen LogP) is 3.14. The van der Waals surface area contributed by atoms with Gasteiger partial charge in [0, 0.05) is 17.2 Å². The van der Waals surface area contributed by atoms with E-state index >= 15 is 0 Å². The second-order valence-electron chi connectivity index (χ2n) is 5.35. The molecular formula is C13H15BrN2O2. The fourth-order valence-electron chi connectivity index (χ4n) is 2.59. The van der Waals surface area contributed by atoms with E-state index in [0.717, 1.165) is 12.5 Å². The van der Waals surface area contributed by atoms with Crippen molar-refractivity contribution < 1.29 is 9.90 Å². The highest BCUT2D eigenvalue weighted by molar-refractivity contribution is 9.10. The van der Waals surface area contributed by atoms with Gasteiger partial charge in [-0.1, -0.05) is 0 Å². The molecule has 0 spiro atoms. The number of aromatic nitrogens is 1. The van der Waals surface area contributed by atoms with E-state index in [0.29, 0.717) is 15.7 Å². The summed E-state index contributed by atoms with van der Waals surface area (Å²) >= 11 is 3.25. The minimum atomic E-state index is -0.942. The third-order valence-electron chi connectivity index (χ3n) is 4.03. The Labute approximate surface area is 114 Å². The minimum Gasteiger partial charge on any atom is -0.478 e. The van der Waals surface area contributed by atoms with Gasteiger partial charge in [0.25, 0.3) is 0 Å². The topological polar surface area (TPSA) is 62.2 Å². The molecule has 5 heteroatoms. The predicted molar refractivity (Wildman–Crippen MR) is 71.8 cm³/mol. The Hall–Kier alpha value is -1.10. The monoisotopic (exact) mass is 310 g/mol. The fraction of sp³-hybridized carbons (Fsp3) is 0.538. The van der Waals surface area contributed by atoms with E-state index in [1.165, 1.54) is 25.7 Å². The van der Waals surface area contributed by atoms with Crippen LogP contribution in [0, 0.1) is 11.3 Å². The normalized spacial score (nSPS) is 20.5. The SMILES string of the molecule is O=C(O)c1cc(Br)cnc1NCC1(C2CC2)CC1. The van der Waals surface area contributed by atoms with E-state index in [1.807, 2.05) is 0 Å². The van der Waals surface area contributed by atoms with Crippen LogP contribution in [0.25, 0.3) is 0 Å². The summed E-state index contributed by atoms with van der Waals surface area (Å²) < 4.78 is 0.689. The van der Waals surface area contributed by atoms with Crippen molar-refractivity contribution in [2.24, 2.45) is 11.3 Å². The lowest BCUT2D eigenvalue weighted by Crippen LogP contribution is -2.19. The summed E-state index contributed by atoms with van der Waals surface area (Å²) in [5, 5.41) is 12.4. The summed E-state index contributed by atoms with van der Waals surface area (Å²) in [6.07, 6.45) is 6.83. The van der Waals surface area contributed by atoms with Crippen LogP contribution in [0.15, 0.2) is 16.7 Å². The van der Waals surface area contributed by atoms with Gasteiger partial charge in [-0.2, -0.15) is 0 Å². The summed E-state index contributed by atoms with van der Waals surface area (Å²) in [6.45, 7) is 0.854. The lowest BCUT2D eigenvalue weighted by Gasteiger charge is -2.16. The van der Waals surface area contributed by atoms with E-state index in [4.69, 9.17) is 5.11 Å². The molecular weight excluding hydrogens is 296 g/mol. The molecule has 3 rings (SSSR count). The molecule has 18 heavy (non-hydrogen) atoms. The first-order valence-electron chi connectivity index (χ1n) is 6.23. The Morgan fingerprint density at radius 2 is 2.28 bits per heavy atom. The number of hydrogen-bond donors (Lipinski definition) is 2. The van der Waals surface area contributed by atoms with E-state index in [1.54, 1.807) is 12.3 Å². The molecule has 0 amide bonds. The molecule has 1 aromatic heterocycles. The molecule has 1 aromatic rings. The molecule has 2 aliphatic rings. The first-order chi connectivity index (χ1) is 8.61. The quantitative estimate of drug-likeness (QED) is 0.877. The third kappa shape index (κ3) is 2.23. The molecule has 1 heterocycles. The molecule has 0 aliphatic heterocycles. The molecule has 2 aliphatic carbocycles. The highest BCUT2D eigenvalue weighted by atomic mass is 79.9. The zero-order valence-corrected chi connectivity index (χ0v) is 11.5. The number of anilines is 1. The fourth-order valence-corrected chi connectivity index (χ4v) is 2.92. The van der Waals surface area contributed by atoms with Crippen molar-refractivity contribution in [1.82, 2.24) is 4.98 Å². The Morgan fingerprint density at radius 1 is 1.56 bits per heavy atom. The van der Waals surface area contributed by atoms with Gasteiger partial charge in [0.15, 0.2) is 0 Å². The van der Waals surface area contributed by atoms with Crippen LogP contribution >= 0.6 is 15.9 Å². The van der Waals surface area contributed by atoms with Crippen LogP contribution in [-0.2, 0) is 0 Å². The van der Waals surface area contributed by atoms with Gasteiger partial charge in [-0.25, -0.2) is 9.78 Å². The van der Waals surface area contributed by atoms with Crippen molar-refractivity contribution >= 4 is 27.7 Å².